The zero-order chi connectivity index (χ0) is 21.0. The molecule has 0 unspecified atom stereocenters. The van der Waals surface area contributed by atoms with Gasteiger partial charge in [-0.25, -0.2) is 0 Å². The third-order valence-electron chi connectivity index (χ3n) is 6.33. The Labute approximate surface area is 182 Å². The van der Waals surface area contributed by atoms with E-state index in [0.717, 1.165) is 12.8 Å². The fourth-order valence-electron chi connectivity index (χ4n) is 4.38. The van der Waals surface area contributed by atoms with Gasteiger partial charge in [0.1, 0.15) is 5.75 Å². The summed E-state index contributed by atoms with van der Waals surface area (Å²) in [6, 6.07) is 6.15. The molecule has 0 aliphatic heterocycles. The molecule has 1 aromatic rings. The number of aromatic hydroxyl groups is 1. The van der Waals surface area contributed by atoms with Crippen molar-refractivity contribution in [2.24, 2.45) is 0 Å². The molecule has 1 aromatic carbocycles. The van der Waals surface area contributed by atoms with Crippen LogP contribution in [0.15, 0.2) is 18.2 Å². The highest BCUT2D eigenvalue weighted by Crippen LogP contribution is 2.25. The number of benzene rings is 1. The van der Waals surface area contributed by atoms with E-state index in [2.05, 4.69) is 19.9 Å². The molecule has 0 aliphatic rings. The number of rotatable bonds is 20. The van der Waals surface area contributed by atoms with Crippen molar-refractivity contribution in [3.63, 3.8) is 0 Å². The Morgan fingerprint density at radius 2 is 0.931 bits per heavy atom. The van der Waals surface area contributed by atoms with Gasteiger partial charge in [0.05, 0.1) is 0 Å². The van der Waals surface area contributed by atoms with Gasteiger partial charge in [0.25, 0.3) is 0 Å². The second kappa shape index (κ2) is 19.0. The summed E-state index contributed by atoms with van der Waals surface area (Å²) < 4.78 is 0. The maximum atomic E-state index is 10.4. The molecule has 0 aliphatic carbocycles. The minimum Gasteiger partial charge on any atom is -0.508 e. The average Bonchev–Trinajstić information content (AvgIpc) is 2.72. The first kappa shape index (κ1) is 26.1. The molecule has 0 saturated heterocycles. The molecule has 1 heteroatoms. The molecule has 1 N–H and O–H groups in total. The Morgan fingerprint density at radius 1 is 0.517 bits per heavy atom. The van der Waals surface area contributed by atoms with Gasteiger partial charge in [-0.05, 0) is 42.9 Å². The van der Waals surface area contributed by atoms with Crippen molar-refractivity contribution in [2.45, 2.75) is 142 Å². The molecule has 0 heterocycles. The van der Waals surface area contributed by atoms with Crippen molar-refractivity contribution in [3.05, 3.63) is 29.3 Å². The van der Waals surface area contributed by atoms with Gasteiger partial charge in [0.15, 0.2) is 0 Å². The van der Waals surface area contributed by atoms with Crippen LogP contribution in [-0.4, -0.2) is 5.11 Å². The minimum absolute atomic E-state index is 0.526. The van der Waals surface area contributed by atoms with E-state index in [9.17, 15) is 5.11 Å². The van der Waals surface area contributed by atoms with E-state index < -0.39 is 0 Å². The van der Waals surface area contributed by atoms with Gasteiger partial charge in [0.2, 0.25) is 0 Å². The summed E-state index contributed by atoms with van der Waals surface area (Å²) >= 11 is 0. The van der Waals surface area contributed by atoms with Gasteiger partial charge in [0, 0.05) is 0 Å². The summed E-state index contributed by atoms with van der Waals surface area (Å²) in [5.41, 5.74) is 2.63. The number of unbranched alkanes of at least 4 members (excludes halogenated alkanes) is 16. The van der Waals surface area contributed by atoms with Crippen LogP contribution in [0.2, 0.25) is 0 Å². The summed E-state index contributed by atoms with van der Waals surface area (Å²) in [6.45, 7) is 4.56. The Hall–Kier alpha value is -0.980. The molecular formula is C28H50O. The molecule has 1 rings (SSSR count). The van der Waals surface area contributed by atoms with Crippen molar-refractivity contribution in [1.82, 2.24) is 0 Å². The van der Waals surface area contributed by atoms with E-state index in [4.69, 9.17) is 0 Å². The second-order valence-corrected chi connectivity index (χ2v) is 9.07. The van der Waals surface area contributed by atoms with Crippen LogP contribution in [0.3, 0.4) is 0 Å². The van der Waals surface area contributed by atoms with Gasteiger partial charge >= 0.3 is 0 Å². The molecule has 0 spiro atoms. The summed E-state index contributed by atoms with van der Waals surface area (Å²) in [5.74, 6) is 0.526. The first-order valence-corrected chi connectivity index (χ1v) is 13.1. The smallest absolute Gasteiger partial charge is 0.119 e. The van der Waals surface area contributed by atoms with Gasteiger partial charge < -0.3 is 5.11 Å². The summed E-state index contributed by atoms with van der Waals surface area (Å²) in [5, 5.41) is 10.4. The first-order chi connectivity index (χ1) is 14.3. The van der Waals surface area contributed by atoms with E-state index in [-0.39, 0.29) is 0 Å². The molecule has 0 atom stereocenters. The summed E-state index contributed by atoms with van der Waals surface area (Å²) in [7, 11) is 0. The van der Waals surface area contributed by atoms with Crippen LogP contribution in [0.25, 0.3) is 0 Å². The predicted molar refractivity (Wildman–Crippen MR) is 130 cm³/mol. The average molecular weight is 403 g/mol. The Morgan fingerprint density at radius 3 is 1.41 bits per heavy atom. The van der Waals surface area contributed by atoms with E-state index in [1.54, 1.807) is 0 Å². The van der Waals surface area contributed by atoms with Gasteiger partial charge in [-0.2, -0.15) is 0 Å². The van der Waals surface area contributed by atoms with Gasteiger partial charge in [-0.3, -0.25) is 0 Å². The molecule has 0 fully saturated rings. The van der Waals surface area contributed by atoms with Crippen molar-refractivity contribution in [2.75, 3.05) is 0 Å². The van der Waals surface area contributed by atoms with Crippen LogP contribution in [0.1, 0.15) is 141 Å². The minimum atomic E-state index is 0.526. The van der Waals surface area contributed by atoms with Crippen molar-refractivity contribution in [3.8, 4) is 5.75 Å². The Balaban J connectivity index is 2.16. The van der Waals surface area contributed by atoms with E-state index in [0.29, 0.717) is 5.75 Å². The fraction of sp³-hybridized carbons (Fsp3) is 0.786. The normalized spacial score (nSPS) is 11.2. The van der Waals surface area contributed by atoms with E-state index >= 15 is 0 Å². The Bertz CT molecular complexity index is 479. The van der Waals surface area contributed by atoms with Crippen LogP contribution in [0, 0.1) is 0 Å². The van der Waals surface area contributed by atoms with Crippen molar-refractivity contribution < 1.29 is 5.11 Å². The number of hydrogen-bond donors (Lipinski definition) is 1. The molecule has 0 radical (unpaired) electrons. The standard InChI is InChI=1S/C28H50O/c1-3-5-7-9-11-13-15-17-19-22-26-23-21-25-28(29)27(26)24-20-18-16-14-12-10-8-6-4-2/h21,23,25,29H,3-20,22,24H2,1-2H3. The molecule has 0 aromatic heterocycles. The lowest BCUT2D eigenvalue weighted by molar-refractivity contribution is 0.464. The maximum absolute atomic E-state index is 10.4. The quantitative estimate of drug-likeness (QED) is 0.215. The Kier molecular flexibility index (Phi) is 17.1. The van der Waals surface area contributed by atoms with Gasteiger partial charge in [-0.1, -0.05) is 129 Å². The molecule has 29 heavy (non-hydrogen) atoms. The van der Waals surface area contributed by atoms with Crippen molar-refractivity contribution >= 4 is 0 Å². The monoisotopic (exact) mass is 402 g/mol. The molecule has 168 valence electrons. The molecule has 0 amide bonds. The van der Waals surface area contributed by atoms with Crippen LogP contribution in [-0.2, 0) is 12.8 Å². The van der Waals surface area contributed by atoms with E-state index in [1.165, 1.54) is 127 Å². The number of phenols is 1. The second-order valence-electron chi connectivity index (χ2n) is 9.07. The highest BCUT2D eigenvalue weighted by atomic mass is 16.3. The fourth-order valence-corrected chi connectivity index (χ4v) is 4.38. The molecule has 1 nitrogen and oxygen atoms in total. The molecule has 0 saturated carbocycles. The number of aryl methyl sites for hydroxylation is 1. The van der Waals surface area contributed by atoms with Crippen molar-refractivity contribution in [1.29, 1.82) is 0 Å². The van der Waals surface area contributed by atoms with Crippen LogP contribution < -0.4 is 0 Å². The first-order valence-electron chi connectivity index (χ1n) is 13.1. The maximum Gasteiger partial charge on any atom is 0.119 e. The lowest BCUT2D eigenvalue weighted by atomic mass is 9.95. The number of hydrogen-bond acceptors (Lipinski definition) is 1. The SMILES string of the molecule is CCCCCCCCCCCc1cccc(O)c1CCCCCCCCCCC. The lowest BCUT2D eigenvalue weighted by Crippen LogP contribution is -1.96. The third kappa shape index (κ3) is 13.8. The molecule has 0 bridgehead atoms. The van der Waals surface area contributed by atoms with Crippen LogP contribution in [0.4, 0.5) is 0 Å². The lowest BCUT2D eigenvalue weighted by Gasteiger charge is -2.12. The largest absolute Gasteiger partial charge is 0.508 e. The highest BCUT2D eigenvalue weighted by Gasteiger charge is 2.07. The predicted octanol–water partition coefficient (Wildman–Crippen LogP) is 9.54. The van der Waals surface area contributed by atoms with Crippen LogP contribution in [0.5, 0.6) is 5.75 Å². The number of phenolic OH excluding ortho intramolecular Hbond substituents is 1. The summed E-state index contributed by atoms with van der Waals surface area (Å²) in [6.07, 6.45) is 26.8. The zero-order valence-electron chi connectivity index (χ0n) is 19.8. The summed E-state index contributed by atoms with van der Waals surface area (Å²) in [4.78, 5) is 0. The third-order valence-corrected chi connectivity index (χ3v) is 6.33. The zero-order valence-corrected chi connectivity index (χ0v) is 19.8. The highest BCUT2D eigenvalue weighted by molar-refractivity contribution is 5.39. The molecular weight excluding hydrogens is 352 g/mol. The topological polar surface area (TPSA) is 20.2 Å². The van der Waals surface area contributed by atoms with Crippen LogP contribution >= 0.6 is 0 Å². The van der Waals surface area contributed by atoms with Gasteiger partial charge in [-0.15, -0.1) is 0 Å². The van der Waals surface area contributed by atoms with E-state index in [1.807, 2.05) is 12.1 Å².